The summed E-state index contributed by atoms with van der Waals surface area (Å²) >= 11 is 5.73. The zero-order valence-corrected chi connectivity index (χ0v) is 11.1. The fourth-order valence-corrected chi connectivity index (χ4v) is 1.91. The predicted octanol–water partition coefficient (Wildman–Crippen LogP) is 3.15. The quantitative estimate of drug-likeness (QED) is 0.852. The van der Waals surface area contributed by atoms with Crippen LogP contribution in [0.25, 0.3) is 0 Å². The van der Waals surface area contributed by atoms with Gasteiger partial charge in [-0.05, 0) is 25.0 Å². The molecule has 4 heteroatoms. The molecule has 2 atom stereocenters. The molecule has 2 nitrogen and oxygen atoms in total. The van der Waals surface area contributed by atoms with Gasteiger partial charge in [0.2, 0.25) is 0 Å². The average Bonchev–Trinajstić information content (AvgIpc) is 2.20. The molecule has 96 valence electrons. The van der Waals surface area contributed by atoms with Gasteiger partial charge in [-0.2, -0.15) is 0 Å². The molecule has 0 spiro atoms. The van der Waals surface area contributed by atoms with Crippen LogP contribution in [0.3, 0.4) is 0 Å². The van der Waals surface area contributed by atoms with Crippen LogP contribution in [0.5, 0.6) is 0 Å². The third kappa shape index (κ3) is 4.26. The van der Waals surface area contributed by atoms with Crippen molar-refractivity contribution in [2.45, 2.75) is 32.9 Å². The third-order valence-electron chi connectivity index (χ3n) is 2.60. The van der Waals surface area contributed by atoms with Crippen LogP contribution in [0, 0.1) is 11.7 Å². The molecule has 0 bridgehead atoms. The maximum atomic E-state index is 13.8. The Morgan fingerprint density at radius 2 is 2.00 bits per heavy atom. The number of benzene rings is 1. The number of rotatable bonds is 5. The van der Waals surface area contributed by atoms with Gasteiger partial charge in [0, 0.05) is 23.2 Å². The number of hydrogen-bond donors (Lipinski definition) is 2. The lowest BCUT2D eigenvalue weighted by atomic mass is 9.95. The van der Waals surface area contributed by atoms with Crippen LogP contribution >= 0.6 is 11.6 Å². The highest BCUT2D eigenvalue weighted by Gasteiger charge is 2.19. The molecule has 0 aromatic heterocycles. The van der Waals surface area contributed by atoms with E-state index in [0.29, 0.717) is 17.1 Å². The van der Waals surface area contributed by atoms with Crippen LogP contribution in [-0.2, 0) is 0 Å². The molecule has 2 N–H and O–H groups in total. The van der Waals surface area contributed by atoms with E-state index in [1.165, 1.54) is 6.07 Å². The van der Waals surface area contributed by atoms with Crippen molar-refractivity contribution in [3.8, 4) is 0 Å². The van der Waals surface area contributed by atoms with E-state index in [1.54, 1.807) is 19.1 Å². The Morgan fingerprint density at radius 1 is 1.35 bits per heavy atom. The van der Waals surface area contributed by atoms with Gasteiger partial charge in [0.1, 0.15) is 5.82 Å². The molecule has 1 rings (SSSR count). The van der Waals surface area contributed by atoms with E-state index in [4.69, 9.17) is 11.6 Å². The molecule has 0 saturated carbocycles. The number of hydrogen-bond acceptors (Lipinski definition) is 2. The van der Waals surface area contributed by atoms with Crippen molar-refractivity contribution in [3.05, 3.63) is 34.6 Å². The molecule has 0 fully saturated rings. The lowest BCUT2D eigenvalue weighted by molar-refractivity contribution is 0.181. The maximum Gasteiger partial charge on any atom is 0.129 e. The van der Waals surface area contributed by atoms with Gasteiger partial charge in [0.15, 0.2) is 0 Å². The number of aliphatic hydroxyl groups excluding tert-OH is 1. The molecule has 1 aromatic carbocycles. The largest absolute Gasteiger partial charge is 0.392 e. The van der Waals surface area contributed by atoms with E-state index in [0.717, 1.165) is 0 Å². The lowest BCUT2D eigenvalue weighted by Gasteiger charge is -2.24. The molecule has 1 aromatic rings. The predicted molar refractivity (Wildman–Crippen MR) is 68.7 cm³/mol. The van der Waals surface area contributed by atoms with Crippen LogP contribution in [0.2, 0.25) is 5.02 Å². The summed E-state index contributed by atoms with van der Waals surface area (Å²) in [6.07, 6.45) is -0.452. The number of halogens is 2. The van der Waals surface area contributed by atoms with E-state index < -0.39 is 6.10 Å². The van der Waals surface area contributed by atoms with Gasteiger partial charge in [-0.1, -0.05) is 31.5 Å². The summed E-state index contributed by atoms with van der Waals surface area (Å²) in [5, 5.41) is 12.8. The monoisotopic (exact) mass is 259 g/mol. The summed E-state index contributed by atoms with van der Waals surface area (Å²) in [5.74, 6) is -0.0845. The maximum absolute atomic E-state index is 13.8. The Kier molecular flexibility index (Phi) is 5.37. The summed E-state index contributed by atoms with van der Waals surface area (Å²) in [6.45, 7) is 6.15. The molecule has 0 aliphatic heterocycles. The minimum absolute atomic E-state index is 0.123. The van der Waals surface area contributed by atoms with E-state index >= 15 is 0 Å². The fraction of sp³-hybridized carbons (Fsp3) is 0.538. The average molecular weight is 260 g/mol. The van der Waals surface area contributed by atoms with Gasteiger partial charge < -0.3 is 10.4 Å². The SMILES string of the molecule is CC(C)[C@H](NC[C@H](C)O)c1ccc(Cl)cc1F. The first-order valence-corrected chi connectivity index (χ1v) is 6.16. The van der Waals surface area contributed by atoms with Crippen LogP contribution in [0.1, 0.15) is 32.4 Å². The normalized spacial score (nSPS) is 15.0. The molecule has 0 radical (unpaired) electrons. The zero-order chi connectivity index (χ0) is 13.0. The Hall–Kier alpha value is -0.640. The molecule has 0 unspecified atom stereocenters. The molecular formula is C13H19ClFNO. The molecular weight excluding hydrogens is 241 g/mol. The highest BCUT2D eigenvalue weighted by Crippen LogP contribution is 2.26. The molecule has 0 aliphatic rings. The lowest BCUT2D eigenvalue weighted by Crippen LogP contribution is -2.32. The second kappa shape index (κ2) is 6.34. The van der Waals surface area contributed by atoms with Crippen LogP contribution < -0.4 is 5.32 Å². The van der Waals surface area contributed by atoms with Gasteiger partial charge in [-0.15, -0.1) is 0 Å². The van der Waals surface area contributed by atoms with E-state index in [-0.39, 0.29) is 17.8 Å². The highest BCUT2D eigenvalue weighted by molar-refractivity contribution is 6.30. The minimum atomic E-state index is -0.452. The summed E-state index contributed by atoms with van der Waals surface area (Å²) in [5.41, 5.74) is 0.588. The highest BCUT2D eigenvalue weighted by atomic mass is 35.5. The van der Waals surface area contributed by atoms with Crippen molar-refractivity contribution in [3.63, 3.8) is 0 Å². The first-order valence-electron chi connectivity index (χ1n) is 5.78. The molecule has 0 aliphatic carbocycles. The first kappa shape index (κ1) is 14.4. The van der Waals surface area contributed by atoms with Crippen molar-refractivity contribution in [1.82, 2.24) is 5.32 Å². The second-order valence-corrected chi connectivity index (χ2v) is 5.08. The summed E-state index contributed by atoms with van der Waals surface area (Å²) in [6, 6.07) is 4.56. The van der Waals surface area contributed by atoms with Crippen molar-refractivity contribution in [2.75, 3.05) is 6.54 Å². The minimum Gasteiger partial charge on any atom is -0.392 e. The second-order valence-electron chi connectivity index (χ2n) is 4.64. The van der Waals surface area contributed by atoms with Crippen LogP contribution in [0.15, 0.2) is 18.2 Å². The summed E-state index contributed by atoms with van der Waals surface area (Å²) < 4.78 is 13.8. The number of nitrogens with one attached hydrogen (secondary N) is 1. The Balaban J connectivity index is 2.89. The van der Waals surface area contributed by atoms with Gasteiger partial charge in [-0.3, -0.25) is 0 Å². The zero-order valence-electron chi connectivity index (χ0n) is 10.4. The summed E-state index contributed by atoms with van der Waals surface area (Å²) in [4.78, 5) is 0. The van der Waals surface area contributed by atoms with Crippen molar-refractivity contribution >= 4 is 11.6 Å². The van der Waals surface area contributed by atoms with E-state index in [1.807, 2.05) is 13.8 Å². The molecule has 0 heterocycles. The number of aliphatic hydroxyl groups is 1. The third-order valence-corrected chi connectivity index (χ3v) is 2.83. The van der Waals surface area contributed by atoms with Gasteiger partial charge in [-0.25, -0.2) is 4.39 Å². The van der Waals surface area contributed by atoms with Crippen molar-refractivity contribution < 1.29 is 9.50 Å². The Bertz CT molecular complexity index is 368. The topological polar surface area (TPSA) is 32.3 Å². The van der Waals surface area contributed by atoms with Gasteiger partial charge in [0.25, 0.3) is 0 Å². The molecule has 17 heavy (non-hydrogen) atoms. The van der Waals surface area contributed by atoms with Crippen LogP contribution in [-0.4, -0.2) is 17.8 Å². The molecule has 0 saturated heterocycles. The van der Waals surface area contributed by atoms with Crippen molar-refractivity contribution in [2.24, 2.45) is 5.92 Å². The Morgan fingerprint density at radius 3 is 2.47 bits per heavy atom. The van der Waals surface area contributed by atoms with Gasteiger partial charge in [0.05, 0.1) is 6.10 Å². The first-order chi connectivity index (χ1) is 7.91. The smallest absolute Gasteiger partial charge is 0.129 e. The van der Waals surface area contributed by atoms with Crippen LogP contribution in [0.4, 0.5) is 4.39 Å². The van der Waals surface area contributed by atoms with E-state index in [9.17, 15) is 9.50 Å². The standard InChI is InChI=1S/C13H19ClFNO/c1-8(2)13(16-7-9(3)17)11-5-4-10(14)6-12(11)15/h4-6,8-9,13,16-17H,7H2,1-3H3/t9-,13-/m0/s1. The van der Waals surface area contributed by atoms with E-state index in [2.05, 4.69) is 5.32 Å². The molecule has 0 amide bonds. The van der Waals surface area contributed by atoms with Gasteiger partial charge >= 0.3 is 0 Å². The van der Waals surface area contributed by atoms with Crippen molar-refractivity contribution in [1.29, 1.82) is 0 Å². The summed E-state index contributed by atoms with van der Waals surface area (Å²) in [7, 11) is 0. The fourth-order valence-electron chi connectivity index (χ4n) is 1.76. The Labute approximate surface area is 107 Å².